The molecule has 1 rings (SSSR count). The molecule has 0 spiro atoms. The molecule has 19 heavy (non-hydrogen) atoms. The van der Waals surface area contributed by atoms with Crippen LogP contribution in [0.1, 0.15) is 47.5 Å². The second kappa shape index (κ2) is 8.93. The second-order valence-corrected chi connectivity index (χ2v) is 6.90. The molecular formula is C16H34N2O. The van der Waals surface area contributed by atoms with Gasteiger partial charge in [0.2, 0.25) is 0 Å². The first-order valence-electron chi connectivity index (χ1n) is 8.04. The minimum atomic E-state index is 0.647. The molecule has 1 heterocycles. The summed E-state index contributed by atoms with van der Waals surface area (Å²) in [4.78, 5) is 2.63. The first kappa shape index (κ1) is 16.9. The number of nitrogens with one attached hydrogen (secondary N) is 1. The van der Waals surface area contributed by atoms with Crippen LogP contribution in [0.5, 0.6) is 0 Å². The highest BCUT2D eigenvalue weighted by molar-refractivity contribution is 4.84. The maximum Gasteiger partial charge on any atom is 0.0489 e. The fourth-order valence-electron chi connectivity index (χ4n) is 2.72. The number of ether oxygens (including phenoxy) is 1. The van der Waals surface area contributed by atoms with E-state index in [1.807, 2.05) is 0 Å². The molecule has 0 aromatic heterocycles. The van der Waals surface area contributed by atoms with Crippen LogP contribution < -0.4 is 5.32 Å². The van der Waals surface area contributed by atoms with Gasteiger partial charge in [0.05, 0.1) is 0 Å². The van der Waals surface area contributed by atoms with E-state index in [0.717, 1.165) is 32.1 Å². The summed E-state index contributed by atoms with van der Waals surface area (Å²) >= 11 is 0. The lowest BCUT2D eigenvalue weighted by atomic mass is 10.00. The Hall–Kier alpha value is -0.120. The Morgan fingerprint density at radius 3 is 2.58 bits per heavy atom. The van der Waals surface area contributed by atoms with Crippen LogP contribution in [0.4, 0.5) is 0 Å². The minimum Gasteiger partial charge on any atom is -0.381 e. The average Bonchev–Trinajstić information content (AvgIpc) is 2.31. The molecule has 1 aliphatic rings. The Labute approximate surface area is 120 Å². The lowest BCUT2D eigenvalue weighted by Crippen LogP contribution is -2.55. The van der Waals surface area contributed by atoms with Crippen LogP contribution in [0.15, 0.2) is 0 Å². The zero-order valence-corrected chi connectivity index (χ0v) is 13.6. The molecule has 0 amide bonds. The molecule has 0 radical (unpaired) electrons. The third-order valence-corrected chi connectivity index (χ3v) is 3.72. The molecular weight excluding hydrogens is 236 g/mol. The highest BCUT2D eigenvalue weighted by Gasteiger charge is 2.24. The zero-order valence-electron chi connectivity index (χ0n) is 13.6. The van der Waals surface area contributed by atoms with E-state index in [0.29, 0.717) is 18.0 Å². The van der Waals surface area contributed by atoms with E-state index in [9.17, 15) is 0 Å². The molecule has 1 saturated heterocycles. The van der Waals surface area contributed by atoms with Crippen molar-refractivity contribution >= 4 is 0 Å². The van der Waals surface area contributed by atoms with Crippen molar-refractivity contribution in [3.05, 3.63) is 0 Å². The second-order valence-electron chi connectivity index (χ2n) is 6.90. The third kappa shape index (κ3) is 7.28. The minimum absolute atomic E-state index is 0.647. The number of rotatable bonds is 8. The number of hydrogen-bond acceptors (Lipinski definition) is 3. The van der Waals surface area contributed by atoms with E-state index >= 15 is 0 Å². The molecule has 2 unspecified atom stereocenters. The highest BCUT2D eigenvalue weighted by atomic mass is 16.5. The van der Waals surface area contributed by atoms with Gasteiger partial charge in [-0.05, 0) is 31.6 Å². The van der Waals surface area contributed by atoms with Crippen LogP contribution in [-0.4, -0.2) is 49.8 Å². The topological polar surface area (TPSA) is 24.5 Å². The molecule has 0 saturated carbocycles. The summed E-state index contributed by atoms with van der Waals surface area (Å²) in [5.74, 6) is 1.43. The first-order valence-corrected chi connectivity index (χ1v) is 8.04. The summed E-state index contributed by atoms with van der Waals surface area (Å²) in [5, 5.41) is 3.67. The quantitative estimate of drug-likeness (QED) is 0.686. The van der Waals surface area contributed by atoms with Crippen LogP contribution in [-0.2, 0) is 4.74 Å². The maximum atomic E-state index is 5.67. The van der Waals surface area contributed by atoms with Crippen LogP contribution in [0.25, 0.3) is 0 Å². The Bertz CT molecular complexity index is 231. The van der Waals surface area contributed by atoms with Gasteiger partial charge in [-0.3, -0.25) is 4.90 Å². The molecule has 0 bridgehead atoms. The van der Waals surface area contributed by atoms with E-state index < -0.39 is 0 Å². The van der Waals surface area contributed by atoms with E-state index in [4.69, 9.17) is 4.74 Å². The van der Waals surface area contributed by atoms with Gasteiger partial charge in [-0.15, -0.1) is 0 Å². The van der Waals surface area contributed by atoms with Crippen molar-refractivity contribution in [2.75, 3.05) is 32.8 Å². The summed E-state index contributed by atoms with van der Waals surface area (Å²) in [6, 6.07) is 1.33. The predicted molar refractivity (Wildman–Crippen MR) is 82.6 cm³/mol. The van der Waals surface area contributed by atoms with Crippen molar-refractivity contribution in [2.24, 2.45) is 11.8 Å². The number of piperazine rings is 1. The van der Waals surface area contributed by atoms with Gasteiger partial charge >= 0.3 is 0 Å². The van der Waals surface area contributed by atoms with Gasteiger partial charge in [0.1, 0.15) is 0 Å². The van der Waals surface area contributed by atoms with Crippen molar-refractivity contribution in [1.82, 2.24) is 10.2 Å². The molecule has 1 fully saturated rings. The van der Waals surface area contributed by atoms with Crippen molar-refractivity contribution < 1.29 is 4.74 Å². The normalized spacial score (nSPS) is 25.4. The van der Waals surface area contributed by atoms with E-state index in [1.54, 1.807) is 0 Å². The SMILES string of the molecule is CC(C)COCCCN1CC(CC(C)C)NCC1C. The predicted octanol–water partition coefficient (Wildman–Crippen LogP) is 2.76. The molecule has 3 heteroatoms. The fourth-order valence-corrected chi connectivity index (χ4v) is 2.72. The van der Waals surface area contributed by atoms with Gasteiger partial charge in [0.15, 0.2) is 0 Å². The number of hydrogen-bond donors (Lipinski definition) is 1. The largest absolute Gasteiger partial charge is 0.381 e. The van der Waals surface area contributed by atoms with Gasteiger partial charge in [-0.1, -0.05) is 27.7 Å². The Morgan fingerprint density at radius 1 is 1.21 bits per heavy atom. The molecule has 0 aromatic carbocycles. The highest BCUT2D eigenvalue weighted by Crippen LogP contribution is 2.13. The smallest absolute Gasteiger partial charge is 0.0489 e. The Kier molecular flexibility index (Phi) is 7.96. The van der Waals surface area contributed by atoms with Crippen LogP contribution in [0.3, 0.4) is 0 Å². The Balaban J connectivity index is 2.19. The van der Waals surface area contributed by atoms with Crippen LogP contribution >= 0.6 is 0 Å². The zero-order chi connectivity index (χ0) is 14.3. The van der Waals surface area contributed by atoms with Gasteiger partial charge in [-0.25, -0.2) is 0 Å². The summed E-state index contributed by atoms with van der Waals surface area (Å²) in [7, 11) is 0. The van der Waals surface area contributed by atoms with Crippen LogP contribution in [0.2, 0.25) is 0 Å². The van der Waals surface area contributed by atoms with E-state index in [-0.39, 0.29) is 0 Å². The third-order valence-electron chi connectivity index (χ3n) is 3.72. The Morgan fingerprint density at radius 2 is 1.95 bits per heavy atom. The standard InChI is InChI=1S/C16H34N2O/c1-13(2)9-16-11-18(15(5)10-17-16)7-6-8-19-12-14(3)4/h13-17H,6-12H2,1-5H3. The van der Waals surface area contributed by atoms with Crippen molar-refractivity contribution in [3.63, 3.8) is 0 Å². The van der Waals surface area contributed by atoms with E-state index in [1.165, 1.54) is 19.5 Å². The lowest BCUT2D eigenvalue weighted by Gasteiger charge is -2.39. The molecule has 0 aromatic rings. The molecule has 114 valence electrons. The lowest BCUT2D eigenvalue weighted by molar-refractivity contribution is 0.0820. The first-order chi connectivity index (χ1) is 8.99. The van der Waals surface area contributed by atoms with Gasteiger partial charge in [0, 0.05) is 44.9 Å². The average molecular weight is 270 g/mol. The fraction of sp³-hybridized carbons (Fsp3) is 1.00. The molecule has 1 N–H and O–H groups in total. The summed E-state index contributed by atoms with van der Waals surface area (Å²) in [5.41, 5.74) is 0. The van der Waals surface area contributed by atoms with Gasteiger partial charge < -0.3 is 10.1 Å². The maximum absolute atomic E-state index is 5.67. The summed E-state index contributed by atoms with van der Waals surface area (Å²) < 4.78 is 5.67. The van der Waals surface area contributed by atoms with Gasteiger partial charge in [-0.2, -0.15) is 0 Å². The summed E-state index contributed by atoms with van der Waals surface area (Å²) in [6.45, 7) is 16.7. The monoisotopic (exact) mass is 270 g/mol. The molecule has 3 nitrogen and oxygen atoms in total. The van der Waals surface area contributed by atoms with E-state index in [2.05, 4.69) is 44.8 Å². The van der Waals surface area contributed by atoms with Crippen molar-refractivity contribution in [1.29, 1.82) is 0 Å². The number of nitrogens with zero attached hydrogens (tertiary/aromatic N) is 1. The van der Waals surface area contributed by atoms with Crippen molar-refractivity contribution in [2.45, 2.75) is 59.5 Å². The molecule has 2 atom stereocenters. The van der Waals surface area contributed by atoms with Gasteiger partial charge in [0.25, 0.3) is 0 Å². The molecule has 1 aliphatic heterocycles. The molecule has 0 aliphatic carbocycles. The summed E-state index contributed by atoms with van der Waals surface area (Å²) in [6.07, 6.45) is 2.44. The van der Waals surface area contributed by atoms with Crippen molar-refractivity contribution in [3.8, 4) is 0 Å². The van der Waals surface area contributed by atoms with Crippen LogP contribution in [0, 0.1) is 11.8 Å².